The topological polar surface area (TPSA) is 69.6 Å². The Balaban J connectivity index is 1.81. The Hall–Kier alpha value is -1.41. The number of fused-ring (bicyclic) bond motifs is 3. The third-order valence-corrected chi connectivity index (χ3v) is 7.80. The predicted molar refractivity (Wildman–Crippen MR) is 105 cm³/mol. The number of nitrogens with one attached hydrogen (secondary N) is 1. The molecule has 0 saturated carbocycles. The third-order valence-electron chi connectivity index (χ3n) is 5.41. The Morgan fingerprint density at radius 2 is 1.96 bits per heavy atom. The molecule has 26 heavy (non-hydrogen) atoms. The zero-order chi connectivity index (χ0) is 18.5. The van der Waals surface area contributed by atoms with Crippen LogP contribution in [-0.4, -0.2) is 37.0 Å². The molecule has 2 aromatic rings. The molecule has 2 aliphatic rings. The van der Waals surface area contributed by atoms with E-state index in [1.165, 1.54) is 0 Å². The van der Waals surface area contributed by atoms with Gasteiger partial charge < -0.3 is 10.4 Å². The minimum absolute atomic E-state index is 0.0188. The molecule has 0 aromatic heterocycles. The van der Waals surface area contributed by atoms with Crippen LogP contribution in [-0.2, 0) is 10.0 Å². The second-order valence-corrected chi connectivity index (χ2v) is 9.80. The van der Waals surface area contributed by atoms with Crippen LogP contribution in [0.5, 0.6) is 0 Å². The molecule has 138 valence electrons. The highest BCUT2D eigenvalue weighted by Crippen LogP contribution is 2.48. The van der Waals surface area contributed by atoms with Crippen molar-refractivity contribution in [1.29, 1.82) is 0 Å². The Labute approximate surface area is 162 Å². The molecule has 7 heteroatoms. The molecule has 2 aromatic carbocycles. The molecule has 2 aliphatic heterocycles. The molecule has 5 nitrogen and oxygen atoms in total. The maximum Gasteiger partial charge on any atom is 0.243 e. The average Bonchev–Trinajstić information content (AvgIpc) is 3.08. The number of aliphatic hydroxyl groups excluding tert-OH is 1. The van der Waals surface area contributed by atoms with Crippen LogP contribution >= 0.6 is 15.9 Å². The quantitative estimate of drug-likeness (QED) is 0.774. The molecule has 0 radical (unpaired) electrons. The van der Waals surface area contributed by atoms with Crippen molar-refractivity contribution in [2.75, 3.05) is 18.5 Å². The van der Waals surface area contributed by atoms with Crippen LogP contribution in [0.15, 0.2) is 51.8 Å². The summed E-state index contributed by atoms with van der Waals surface area (Å²) in [5, 5.41) is 13.2. The minimum Gasteiger partial charge on any atom is -0.394 e. The van der Waals surface area contributed by atoms with Crippen molar-refractivity contribution in [3.63, 3.8) is 0 Å². The summed E-state index contributed by atoms with van der Waals surface area (Å²) in [6.45, 7) is 2.37. The molecule has 1 saturated heterocycles. The normalized spacial score (nSPS) is 25.4. The van der Waals surface area contributed by atoms with Gasteiger partial charge in [-0.25, -0.2) is 8.42 Å². The molecule has 2 N–H and O–H groups in total. The molecule has 0 bridgehead atoms. The summed E-state index contributed by atoms with van der Waals surface area (Å²) < 4.78 is 29.2. The van der Waals surface area contributed by atoms with E-state index in [4.69, 9.17) is 0 Å². The van der Waals surface area contributed by atoms with E-state index in [9.17, 15) is 13.5 Å². The molecule has 2 heterocycles. The Morgan fingerprint density at radius 3 is 2.65 bits per heavy atom. The van der Waals surface area contributed by atoms with Gasteiger partial charge in [-0.1, -0.05) is 33.6 Å². The van der Waals surface area contributed by atoms with Gasteiger partial charge in [0.15, 0.2) is 0 Å². The number of hydrogen-bond acceptors (Lipinski definition) is 4. The van der Waals surface area contributed by atoms with Gasteiger partial charge in [-0.05, 0) is 49.2 Å². The van der Waals surface area contributed by atoms with E-state index in [1.807, 2.05) is 37.3 Å². The summed E-state index contributed by atoms with van der Waals surface area (Å²) in [6, 6.07) is 12.4. The van der Waals surface area contributed by atoms with Gasteiger partial charge in [0, 0.05) is 22.6 Å². The fraction of sp³-hybridized carbons (Fsp3) is 0.368. The maximum absolute atomic E-state index is 13.3. The fourth-order valence-electron chi connectivity index (χ4n) is 4.11. The standard InChI is InChI=1S/C19H21BrN2O3S/c1-12-2-5-14(6-3-12)26(24,25)22-9-8-15-18(11-23)21-17-7-4-13(20)10-16(17)19(15)22/h2-7,10,15,18-19,21,23H,8-9,11H2,1H3/t15-,18+,19-/m0/s1. The first-order valence-corrected chi connectivity index (χ1v) is 10.9. The minimum atomic E-state index is -3.60. The van der Waals surface area contributed by atoms with Gasteiger partial charge in [0.1, 0.15) is 0 Å². The SMILES string of the molecule is Cc1ccc(S(=O)(=O)N2CC[C@@H]3[C@H]2c2cc(Br)ccc2N[C@@H]3CO)cc1. The molecule has 4 rings (SSSR count). The lowest BCUT2D eigenvalue weighted by molar-refractivity contribution is 0.210. The van der Waals surface area contributed by atoms with Crippen molar-refractivity contribution in [2.45, 2.75) is 30.3 Å². The number of anilines is 1. The number of nitrogens with zero attached hydrogens (tertiary/aromatic N) is 1. The zero-order valence-electron chi connectivity index (χ0n) is 14.4. The molecule has 0 aliphatic carbocycles. The van der Waals surface area contributed by atoms with Gasteiger partial charge >= 0.3 is 0 Å². The Bertz CT molecular complexity index is 930. The van der Waals surface area contributed by atoms with Crippen LogP contribution in [0.2, 0.25) is 0 Å². The highest BCUT2D eigenvalue weighted by atomic mass is 79.9. The van der Waals surface area contributed by atoms with Crippen molar-refractivity contribution < 1.29 is 13.5 Å². The van der Waals surface area contributed by atoms with Gasteiger partial charge in [0.05, 0.1) is 23.6 Å². The van der Waals surface area contributed by atoms with Crippen molar-refractivity contribution in [2.24, 2.45) is 5.92 Å². The summed E-state index contributed by atoms with van der Waals surface area (Å²) in [5.41, 5.74) is 2.88. The molecule has 1 fully saturated rings. The largest absolute Gasteiger partial charge is 0.394 e. The van der Waals surface area contributed by atoms with Crippen molar-refractivity contribution in [3.05, 3.63) is 58.1 Å². The van der Waals surface area contributed by atoms with Gasteiger partial charge in [0.25, 0.3) is 0 Å². The van der Waals surface area contributed by atoms with Crippen LogP contribution < -0.4 is 5.32 Å². The van der Waals surface area contributed by atoms with E-state index in [-0.39, 0.29) is 24.6 Å². The second-order valence-electron chi connectivity index (χ2n) is 6.99. The highest BCUT2D eigenvalue weighted by molar-refractivity contribution is 9.10. The molecule has 0 unspecified atom stereocenters. The van der Waals surface area contributed by atoms with Crippen LogP contribution in [0, 0.1) is 12.8 Å². The third kappa shape index (κ3) is 2.87. The summed E-state index contributed by atoms with van der Waals surface area (Å²) in [6.07, 6.45) is 0.722. The van der Waals surface area contributed by atoms with Crippen molar-refractivity contribution in [3.8, 4) is 0 Å². The number of aliphatic hydroxyl groups is 1. The van der Waals surface area contributed by atoms with Gasteiger partial charge in [-0.3, -0.25) is 0 Å². The van der Waals surface area contributed by atoms with E-state index in [2.05, 4.69) is 21.2 Å². The van der Waals surface area contributed by atoms with E-state index < -0.39 is 10.0 Å². The first kappa shape index (κ1) is 18.0. The average molecular weight is 437 g/mol. The highest BCUT2D eigenvalue weighted by Gasteiger charge is 2.48. The lowest BCUT2D eigenvalue weighted by Gasteiger charge is -2.38. The number of benzene rings is 2. The van der Waals surface area contributed by atoms with Gasteiger partial charge in [0.2, 0.25) is 10.0 Å². The van der Waals surface area contributed by atoms with Crippen LogP contribution in [0.25, 0.3) is 0 Å². The predicted octanol–water partition coefficient (Wildman–Crippen LogP) is 3.30. The molecular weight excluding hydrogens is 416 g/mol. The summed E-state index contributed by atoms with van der Waals surface area (Å²) in [7, 11) is -3.60. The van der Waals surface area contributed by atoms with E-state index >= 15 is 0 Å². The first-order valence-electron chi connectivity index (χ1n) is 8.67. The van der Waals surface area contributed by atoms with Crippen molar-refractivity contribution >= 4 is 31.6 Å². The van der Waals surface area contributed by atoms with E-state index in [0.29, 0.717) is 11.4 Å². The maximum atomic E-state index is 13.3. The van der Waals surface area contributed by atoms with E-state index in [0.717, 1.165) is 27.7 Å². The zero-order valence-corrected chi connectivity index (χ0v) is 16.8. The second kappa shape index (κ2) is 6.64. The lowest BCUT2D eigenvalue weighted by atomic mass is 9.84. The Morgan fingerprint density at radius 1 is 1.23 bits per heavy atom. The number of halogens is 1. The van der Waals surface area contributed by atoms with Crippen LogP contribution in [0.1, 0.15) is 23.6 Å². The monoisotopic (exact) mass is 436 g/mol. The Kier molecular flexibility index (Phi) is 4.59. The van der Waals surface area contributed by atoms with Gasteiger partial charge in [-0.15, -0.1) is 0 Å². The molecule has 3 atom stereocenters. The smallest absolute Gasteiger partial charge is 0.243 e. The summed E-state index contributed by atoms with van der Waals surface area (Å²) >= 11 is 3.50. The van der Waals surface area contributed by atoms with Crippen LogP contribution in [0.4, 0.5) is 5.69 Å². The molecular formula is C19H21BrN2O3S. The first-order chi connectivity index (χ1) is 12.4. The van der Waals surface area contributed by atoms with Crippen LogP contribution in [0.3, 0.4) is 0 Å². The molecule has 0 spiro atoms. The van der Waals surface area contributed by atoms with Crippen molar-refractivity contribution in [1.82, 2.24) is 4.31 Å². The van der Waals surface area contributed by atoms with E-state index in [1.54, 1.807) is 16.4 Å². The molecule has 0 amide bonds. The fourth-order valence-corrected chi connectivity index (χ4v) is 6.15. The van der Waals surface area contributed by atoms with Gasteiger partial charge in [-0.2, -0.15) is 4.31 Å². The number of sulfonamides is 1. The number of hydrogen-bond donors (Lipinski definition) is 2. The summed E-state index contributed by atoms with van der Waals surface area (Å²) in [4.78, 5) is 0.319. The number of rotatable bonds is 3. The number of aryl methyl sites for hydroxylation is 1. The lowest BCUT2D eigenvalue weighted by Crippen LogP contribution is -2.42. The summed E-state index contributed by atoms with van der Waals surface area (Å²) in [5.74, 6) is 0.0435.